The topological polar surface area (TPSA) is 20.2 Å². The zero-order chi connectivity index (χ0) is 13.9. The highest BCUT2D eigenvalue weighted by atomic mass is 79.9. The molecular formula is C17H19BrO. The van der Waals surface area contributed by atoms with Gasteiger partial charge in [0.25, 0.3) is 0 Å². The Morgan fingerprint density at radius 3 is 2.21 bits per heavy atom. The Labute approximate surface area is 123 Å². The average molecular weight is 319 g/mol. The minimum absolute atomic E-state index is 0.267. The van der Waals surface area contributed by atoms with Crippen molar-refractivity contribution in [2.75, 3.05) is 0 Å². The summed E-state index contributed by atoms with van der Waals surface area (Å²) in [6.45, 7) is 4.17. The summed E-state index contributed by atoms with van der Waals surface area (Å²) in [6, 6.07) is 18.2. The number of rotatable bonds is 4. The van der Waals surface area contributed by atoms with E-state index in [0.717, 1.165) is 15.6 Å². The molecule has 0 amide bonds. The number of aliphatic hydroxyl groups is 1. The Bertz CT molecular complexity index is 534. The zero-order valence-electron chi connectivity index (χ0n) is 11.3. The van der Waals surface area contributed by atoms with E-state index in [1.54, 1.807) is 0 Å². The molecule has 1 nitrogen and oxygen atoms in total. The van der Waals surface area contributed by atoms with Crippen LogP contribution < -0.4 is 0 Å². The van der Waals surface area contributed by atoms with E-state index in [1.165, 1.54) is 0 Å². The quantitative estimate of drug-likeness (QED) is 0.889. The van der Waals surface area contributed by atoms with Crippen LogP contribution in [0.25, 0.3) is 0 Å². The van der Waals surface area contributed by atoms with Gasteiger partial charge in [-0.25, -0.2) is 0 Å². The summed E-state index contributed by atoms with van der Waals surface area (Å²) in [5, 5.41) is 10.6. The van der Waals surface area contributed by atoms with Crippen molar-refractivity contribution in [1.29, 1.82) is 0 Å². The number of aliphatic hydroxyl groups excluding tert-OH is 1. The van der Waals surface area contributed by atoms with Crippen molar-refractivity contribution >= 4 is 15.9 Å². The number of benzene rings is 2. The SMILES string of the molecule is CC(C)(c1ccccc1)C(O)Cc1ccccc1Br. The third kappa shape index (κ3) is 3.26. The van der Waals surface area contributed by atoms with Gasteiger partial charge in [0.2, 0.25) is 0 Å². The molecule has 19 heavy (non-hydrogen) atoms. The van der Waals surface area contributed by atoms with Crippen LogP contribution >= 0.6 is 15.9 Å². The van der Waals surface area contributed by atoms with Crippen molar-refractivity contribution in [2.24, 2.45) is 0 Å². The van der Waals surface area contributed by atoms with Gasteiger partial charge in [-0.05, 0) is 17.2 Å². The van der Waals surface area contributed by atoms with Crippen molar-refractivity contribution in [3.63, 3.8) is 0 Å². The normalized spacial score (nSPS) is 13.3. The third-order valence-corrected chi connectivity index (χ3v) is 4.50. The lowest BCUT2D eigenvalue weighted by Gasteiger charge is -2.31. The highest BCUT2D eigenvalue weighted by Gasteiger charge is 2.29. The predicted octanol–water partition coefficient (Wildman–Crippen LogP) is 4.33. The minimum Gasteiger partial charge on any atom is -0.392 e. The zero-order valence-corrected chi connectivity index (χ0v) is 12.9. The minimum atomic E-state index is -0.423. The molecule has 2 rings (SSSR count). The number of hydrogen-bond donors (Lipinski definition) is 1. The lowest BCUT2D eigenvalue weighted by Crippen LogP contribution is -2.35. The summed E-state index contributed by atoms with van der Waals surface area (Å²) in [5.41, 5.74) is 2.03. The maximum atomic E-state index is 10.6. The molecule has 2 aromatic carbocycles. The maximum absolute atomic E-state index is 10.6. The van der Waals surface area contributed by atoms with E-state index in [0.29, 0.717) is 6.42 Å². The summed E-state index contributed by atoms with van der Waals surface area (Å²) in [6.07, 6.45) is 0.220. The van der Waals surface area contributed by atoms with E-state index in [2.05, 4.69) is 41.9 Å². The van der Waals surface area contributed by atoms with Crippen LogP contribution in [0, 0.1) is 0 Å². The van der Waals surface area contributed by atoms with Gasteiger partial charge >= 0.3 is 0 Å². The van der Waals surface area contributed by atoms with Crippen LogP contribution in [0.3, 0.4) is 0 Å². The van der Waals surface area contributed by atoms with Gasteiger partial charge in [-0.1, -0.05) is 78.3 Å². The van der Waals surface area contributed by atoms with Crippen LogP contribution in [0.4, 0.5) is 0 Å². The second-order valence-electron chi connectivity index (χ2n) is 5.40. The van der Waals surface area contributed by atoms with Crippen molar-refractivity contribution in [2.45, 2.75) is 31.8 Å². The van der Waals surface area contributed by atoms with Crippen molar-refractivity contribution in [1.82, 2.24) is 0 Å². The first-order valence-corrected chi connectivity index (χ1v) is 7.28. The molecule has 2 aromatic rings. The molecule has 0 spiro atoms. The highest BCUT2D eigenvalue weighted by molar-refractivity contribution is 9.10. The molecule has 1 atom stereocenters. The fourth-order valence-electron chi connectivity index (χ4n) is 2.19. The van der Waals surface area contributed by atoms with Crippen LogP contribution in [-0.4, -0.2) is 11.2 Å². The average Bonchev–Trinajstić information content (AvgIpc) is 2.42. The molecule has 100 valence electrons. The van der Waals surface area contributed by atoms with E-state index in [1.807, 2.05) is 42.5 Å². The fraction of sp³-hybridized carbons (Fsp3) is 0.294. The third-order valence-electron chi connectivity index (χ3n) is 3.72. The maximum Gasteiger partial charge on any atom is 0.0672 e. The standard InChI is InChI=1S/C17H19BrO/c1-17(2,14-9-4-3-5-10-14)16(19)12-13-8-6-7-11-15(13)18/h3-11,16,19H,12H2,1-2H3. The smallest absolute Gasteiger partial charge is 0.0672 e. The van der Waals surface area contributed by atoms with Gasteiger partial charge in [-0.15, -0.1) is 0 Å². The van der Waals surface area contributed by atoms with Gasteiger partial charge in [0.15, 0.2) is 0 Å². The van der Waals surface area contributed by atoms with Crippen molar-refractivity contribution in [3.8, 4) is 0 Å². The molecule has 2 heteroatoms. The molecule has 1 unspecified atom stereocenters. The first-order valence-electron chi connectivity index (χ1n) is 6.49. The van der Waals surface area contributed by atoms with E-state index in [-0.39, 0.29) is 5.41 Å². The lowest BCUT2D eigenvalue weighted by molar-refractivity contribution is 0.0998. The second kappa shape index (κ2) is 5.89. The molecular weight excluding hydrogens is 300 g/mol. The molecule has 1 N–H and O–H groups in total. The van der Waals surface area contributed by atoms with Gasteiger partial charge in [-0.2, -0.15) is 0 Å². The molecule has 0 bridgehead atoms. The lowest BCUT2D eigenvalue weighted by atomic mass is 9.77. The molecule has 0 heterocycles. The summed E-state index contributed by atoms with van der Waals surface area (Å²) in [5.74, 6) is 0. The largest absolute Gasteiger partial charge is 0.392 e. The van der Waals surface area contributed by atoms with E-state index < -0.39 is 6.10 Å². The number of hydrogen-bond acceptors (Lipinski definition) is 1. The molecule has 0 fully saturated rings. The van der Waals surface area contributed by atoms with Gasteiger partial charge in [-0.3, -0.25) is 0 Å². The fourth-order valence-corrected chi connectivity index (χ4v) is 2.63. The van der Waals surface area contributed by atoms with Crippen LogP contribution in [0.5, 0.6) is 0 Å². The molecule has 0 aliphatic carbocycles. The summed E-state index contributed by atoms with van der Waals surface area (Å²) in [4.78, 5) is 0. The van der Waals surface area contributed by atoms with Gasteiger partial charge in [0, 0.05) is 16.3 Å². The van der Waals surface area contributed by atoms with Gasteiger partial charge < -0.3 is 5.11 Å². The Hall–Kier alpha value is -1.12. The summed E-state index contributed by atoms with van der Waals surface area (Å²) in [7, 11) is 0. The van der Waals surface area contributed by atoms with E-state index >= 15 is 0 Å². The monoisotopic (exact) mass is 318 g/mol. The molecule has 0 radical (unpaired) electrons. The molecule has 0 aliphatic rings. The van der Waals surface area contributed by atoms with Crippen molar-refractivity contribution < 1.29 is 5.11 Å². The second-order valence-corrected chi connectivity index (χ2v) is 6.25. The van der Waals surface area contributed by atoms with Crippen LogP contribution in [0.2, 0.25) is 0 Å². The Morgan fingerprint density at radius 2 is 1.58 bits per heavy atom. The molecule has 0 aromatic heterocycles. The molecule has 0 saturated heterocycles. The van der Waals surface area contributed by atoms with E-state index in [9.17, 15) is 5.11 Å². The van der Waals surface area contributed by atoms with Gasteiger partial charge in [0.1, 0.15) is 0 Å². The van der Waals surface area contributed by atoms with Crippen LogP contribution in [-0.2, 0) is 11.8 Å². The van der Waals surface area contributed by atoms with Gasteiger partial charge in [0.05, 0.1) is 6.10 Å². The Balaban J connectivity index is 2.20. The Kier molecular flexibility index (Phi) is 4.43. The van der Waals surface area contributed by atoms with Crippen LogP contribution in [0.15, 0.2) is 59.1 Å². The van der Waals surface area contributed by atoms with Crippen LogP contribution in [0.1, 0.15) is 25.0 Å². The van der Waals surface area contributed by atoms with E-state index in [4.69, 9.17) is 0 Å². The first kappa shape index (κ1) is 14.3. The van der Waals surface area contributed by atoms with Crippen molar-refractivity contribution in [3.05, 3.63) is 70.2 Å². The predicted molar refractivity (Wildman–Crippen MR) is 83.3 cm³/mol. The Morgan fingerprint density at radius 1 is 1.00 bits per heavy atom. The highest BCUT2D eigenvalue weighted by Crippen LogP contribution is 2.30. The number of halogens is 1. The molecule has 0 saturated carbocycles. The summed E-state index contributed by atoms with van der Waals surface area (Å²) >= 11 is 3.54. The molecule has 0 aliphatic heterocycles. The summed E-state index contributed by atoms with van der Waals surface area (Å²) < 4.78 is 1.05. The first-order chi connectivity index (χ1) is 9.01.